The summed E-state index contributed by atoms with van der Waals surface area (Å²) >= 11 is 5.74. The molecule has 2 aliphatic carbocycles. The van der Waals surface area contributed by atoms with E-state index in [1.165, 1.54) is 18.6 Å². The minimum absolute atomic E-state index is 0.159. The molecule has 3 unspecified atom stereocenters. The van der Waals surface area contributed by atoms with Gasteiger partial charge in [-0.2, -0.15) is 13.5 Å². The molecule has 0 radical (unpaired) electrons. The van der Waals surface area contributed by atoms with Crippen LogP contribution in [0.3, 0.4) is 0 Å². The molecule has 0 heterocycles. The van der Waals surface area contributed by atoms with E-state index >= 15 is 0 Å². The summed E-state index contributed by atoms with van der Waals surface area (Å²) < 4.78 is 24.0. The van der Waals surface area contributed by atoms with Crippen LogP contribution in [-0.4, -0.2) is 14.6 Å². The van der Waals surface area contributed by atoms with Gasteiger partial charge < -0.3 is 0 Å². The number of benzene rings is 1. The largest absolute Gasteiger partial charge is 0.276 e. The fraction of sp³-hybridized carbons (Fsp3) is 0.357. The highest BCUT2D eigenvalue weighted by Gasteiger charge is 2.34. The van der Waals surface area contributed by atoms with Crippen molar-refractivity contribution in [3.63, 3.8) is 0 Å². The second-order valence-corrected chi connectivity index (χ2v) is 7.37. The quantitative estimate of drug-likeness (QED) is 0.528. The van der Waals surface area contributed by atoms with E-state index in [1.54, 1.807) is 18.3 Å². The molecule has 0 aliphatic heterocycles. The Morgan fingerprint density at radius 3 is 2.55 bits per heavy atom. The summed E-state index contributed by atoms with van der Waals surface area (Å²) in [6.07, 6.45) is 8.40. The minimum Gasteiger partial charge on any atom is -0.200 e. The average Bonchev–Trinajstić information content (AvgIpc) is 3.01. The summed E-state index contributed by atoms with van der Waals surface area (Å²) in [6, 6.07) is 6.00. The maximum atomic E-state index is 12.0. The lowest BCUT2D eigenvalue weighted by atomic mass is 9.95. The molecular formula is C14H15ClN2O2S. The van der Waals surface area contributed by atoms with Crippen LogP contribution in [0.15, 0.2) is 46.4 Å². The lowest BCUT2D eigenvalue weighted by Crippen LogP contribution is -2.20. The first-order valence-electron chi connectivity index (χ1n) is 6.53. The van der Waals surface area contributed by atoms with Crippen LogP contribution in [0.4, 0.5) is 0 Å². The van der Waals surface area contributed by atoms with Crippen molar-refractivity contribution in [2.24, 2.45) is 22.9 Å². The number of sulfonamides is 1. The predicted molar refractivity (Wildman–Crippen MR) is 79.1 cm³/mol. The summed E-state index contributed by atoms with van der Waals surface area (Å²) in [7, 11) is -3.61. The third-order valence-electron chi connectivity index (χ3n) is 3.89. The summed E-state index contributed by atoms with van der Waals surface area (Å²) in [6.45, 7) is 0. The summed E-state index contributed by atoms with van der Waals surface area (Å²) in [5.41, 5.74) is 0. The molecule has 1 aromatic carbocycles. The Bertz CT molecular complexity index is 652. The third kappa shape index (κ3) is 2.74. The van der Waals surface area contributed by atoms with Crippen LogP contribution in [0.1, 0.15) is 12.8 Å². The molecule has 1 fully saturated rings. The fourth-order valence-electron chi connectivity index (χ4n) is 2.86. The first-order valence-corrected chi connectivity index (χ1v) is 8.39. The fourth-order valence-corrected chi connectivity index (χ4v) is 3.78. The lowest BCUT2D eigenvalue weighted by Gasteiger charge is -2.12. The van der Waals surface area contributed by atoms with Gasteiger partial charge in [-0.3, -0.25) is 0 Å². The van der Waals surface area contributed by atoms with Crippen LogP contribution in [0.25, 0.3) is 0 Å². The van der Waals surface area contributed by atoms with E-state index in [4.69, 9.17) is 11.6 Å². The normalized spacial score (nSPS) is 28.4. The number of nitrogens with zero attached hydrogens (tertiary/aromatic N) is 1. The van der Waals surface area contributed by atoms with Gasteiger partial charge in [0.1, 0.15) is 0 Å². The van der Waals surface area contributed by atoms with Crippen LogP contribution in [0.5, 0.6) is 0 Å². The van der Waals surface area contributed by atoms with Gasteiger partial charge in [0.15, 0.2) is 0 Å². The highest BCUT2D eigenvalue weighted by atomic mass is 35.5. The zero-order valence-electron chi connectivity index (χ0n) is 10.7. The van der Waals surface area contributed by atoms with Gasteiger partial charge in [0, 0.05) is 17.2 Å². The Balaban J connectivity index is 1.65. The van der Waals surface area contributed by atoms with Gasteiger partial charge in [0.2, 0.25) is 0 Å². The Morgan fingerprint density at radius 1 is 1.20 bits per heavy atom. The molecule has 20 heavy (non-hydrogen) atoms. The molecule has 0 amide bonds. The number of hydrazone groups is 1. The van der Waals surface area contributed by atoms with E-state index in [2.05, 4.69) is 22.1 Å². The number of nitrogens with one attached hydrogen (secondary N) is 1. The van der Waals surface area contributed by atoms with E-state index in [-0.39, 0.29) is 4.90 Å². The summed E-state index contributed by atoms with van der Waals surface area (Å²) in [5.74, 6) is 1.51. The van der Waals surface area contributed by atoms with Gasteiger partial charge in [0.25, 0.3) is 10.0 Å². The second-order valence-electron chi connectivity index (χ2n) is 5.27. The van der Waals surface area contributed by atoms with E-state index in [0.29, 0.717) is 22.8 Å². The maximum absolute atomic E-state index is 12.0. The molecule has 1 N–H and O–H groups in total. The number of hydrogen-bond acceptors (Lipinski definition) is 3. The number of hydrogen-bond donors (Lipinski definition) is 1. The average molecular weight is 311 g/mol. The van der Waals surface area contributed by atoms with Gasteiger partial charge in [0.05, 0.1) is 4.90 Å². The van der Waals surface area contributed by atoms with E-state index in [9.17, 15) is 8.42 Å². The Labute approximate surface area is 123 Å². The molecule has 1 saturated carbocycles. The number of halogens is 1. The van der Waals surface area contributed by atoms with Gasteiger partial charge >= 0.3 is 0 Å². The van der Waals surface area contributed by atoms with Crippen molar-refractivity contribution in [2.45, 2.75) is 17.7 Å². The molecule has 106 valence electrons. The van der Waals surface area contributed by atoms with Crippen molar-refractivity contribution in [1.29, 1.82) is 0 Å². The van der Waals surface area contributed by atoms with Crippen molar-refractivity contribution in [3.8, 4) is 0 Å². The molecule has 4 nitrogen and oxygen atoms in total. The van der Waals surface area contributed by atoms with Crippen molar-refractivity contribution in [1.82, 2.24) is 4.83 Å². The molecule has 1 aromatic rings. The van der Waals surface area contributed by atoms with Crippen LogP contribution >= 0.6 is 11.6 Å². The maximum Gasteiger partial charge on any atom is 0.276 e. The molecule has 6 heteroatoms. The Morgan fingerprint density at radius 2 is 1.95 bits per heavy atom. The van der Waals surface area contributed by atoms with Crippen molar-refractivity contribution in [3.05, 3.63) is 41.4 Å². The molecule has 3 rings (SSSR count). The van der Waals surface area contributed by atoms with Crippen LogP contribution in [-0.2, 0) is 10.0 Å². The van der Waals surface area contributed by atoms with E-state index < -0.39 is 10.0 Å². The lowest BCUT2D eigenvalue weighted by molar-refractivity contribution is 0.578. The van der Waals surface area contributed by atoms with Crippen molar-refractivity contribution in [2.75, 3.05) is 0 Å². The number of allylic oxidation sites excluding steroid dienone is 2. The first-order chi connectivity index (χ1) is 9.54. The van der Waals surface area contributed by atoms with Crippen molar-refractivity contribution < 1.29 is 8.42 Å². The predicted octanol–water partition coefficient (Wildman–Crippen LogP) is 2.82. The monoisotopic (exact) mass is 310 g/mol. The van der Waals surface area contributed by atoms with Crippen LogP contribution in [0, 0.1) is 17.8 Å². The van der Waals surface area contributed by atoms with Gasteiger partial charge in [-0.15, -0.1) is 0 Å². The van der Waals surface area contributed by atoms with Crippen LogP contribution < -0.4 is 4.83 Å². The third-order valence-corrected chi connectivity index (χ3v) is 5.38. The topological polar surface area (TPSA) is 58.5 Å². The smallest absolute Gasteiger partial charge is 0.200 e. The summed E-state index contributed by atoms with van der Waals surface area (Å²) in [5, 5.41) is 4.41. The molecule has 0 saturated heterocycles. The minimum atomic E-state index is -3.61. The van der Waals surface area contributed by atoms with Gasteiger partial charge in [-0.1, -0.05) is 23.8 Å². The number of rotatable bonds is 4. The SMILES string of the molecule is O=S(=O)(N/N=C/C1CC2C=CC1C2)c1ccc(Cl)cc1. The molecule has 2 aliphatic rings. The van der Waals surface area contributed by atoms with E-state index in [1.807, 2.05) is 0 Å². The molecule has 2 bridgehead atoms. The van der Waals surface area contributed by atoms with E-state index in [0.717, 1.165) is 6.42 Å². The van der Waals surface area contributed by atoms with Crippen LogP contribution in [0.2, 0.25) is 5.02 Å². The zero-order chi connectivity index (χ0) is 14.2. The zero-order valence-corrected chi connectivity index (χ0v) is 12.3. The summed E-state index contributed by atoms with van der Waals surface area (Å²) in [4.78, 5) is 2.41. The Hall–Kier alpha value is -1.33. The number of fused-ring (bicyclic) bond motifs is 2. The first kappa shape index (κ1) is 13.6. The second kappa shape index (κ2) is 5.22. The molecule has 3 atom stereocenters. The highest BCUT2D eigenvalue weighted by molar-refractivity contribution is 7.89. The highest BCUT2D eigenvalue weighted by Crippen LogP contribution is 2.42. The van der Waals surface area contributed by atoms with Crippen molar-refractivity contribution >= 4 is 27.8 Å². The molecular weight excluding hydrogens is 296 g/mol. The Kier molecular flexibility index (Phi) is 3.56. The molecule has 0 spiro atoms. The molecule has 0 aromatic heterocycles. The van der Waals surface area contributed by atoms with Gasteiger partial charge in [-0.05, 0) is 48.9 Å². The van der Waals surface area contributed by atoms with Gasteiger partial charge in [-0.25, -0.2) is 4.83 Å². The standard InChI is InChI=1S/C14H15ClN2O2S/c15-13-3-5-14(6-4-13)20(18,19)17-16-9-12-8-10-1-2-11(12)7-10/h1-6,9-12,17H,7-8H2/b16-9+.